The Labute approximate surface area is 228 Å². The normalized spacial score (nSPS) is 26.5. The van der Waals surface area contributed by atoms with Gasteiger partial charge in [-0.2, -0.15) is 0 Å². The molecule has 1 saturated heterocycles. The Kier molecular flexibility index (Phi) is 9.21. The fourth-order valence-electron chi connectivity index (χ4n) is 5.99. The quantitative estimate of drug-likeness (QED) is 0.279. The molecule has 1 heterocycles. The number of hydrogen-bond acceptors (Lipinski definition) is 5. The van der Waals surface area contributed by atoms with Crippen LogP contribution < -0.4 is 16.4 Å². The van der Waals surface area contributed by atoms with Crippen LogP contribution in [0.15, 0.2) is 0 Å². The molecule has 0 radical (unpaired) electrons. The van der Waals surface area contributed by atoms with Crippen LogP contribution in [0.4, 0.5) is 4.79 Å². The highest BCUT2D eigenvalue weighted by molar-refractivity contribution is 6.51. The smallest absolute Gasteiger partial charge is 0.315 e. The molecule has 5 atom stereocenters. The Hall–Kier alpha value is -1.87. The van der Waals surface area contributed by atoms with Gasteiger partial charge in [-0.15, -0.1) is 23.2 Å². The van der Waals surface area contributed by atoms with E-state index in [9.17, 15) is 24.0 Å². The molecule has 3 aliphatic rings. The van der Waals surface area contributed by atoms with Crippen LogP contribution in [0.3, 0.4) is 0 Å². The second-order valence-electron chi connectivity index (χ2n) is 11.9. The summed E-state index contributed by atoms with van der Waals surface area (Å²) in [6, 6.07) is -2.16. The number of urea groups is 1. The molecule has 9 nitrogen and oxygen atoms in total. The lowest BCUT2D eigenvalue weighted by atomic mass is 9.83. The molecule has 37 heavy (non-hydrogen) atoms. The molecule has 0 bridgehead atoms. The zero-order chi connectivity index (χ0) is 27.7. The molecule has 11 heteroatoms. The molecule has 4 amide bonds. The van der Waals surface area contributed by atoms with Crippen molar-refractivity contribution in [1.82, 2.24) is 15.5 Å². The Morgan fingerprint density at radius 1 is 1.08 bits per heavy atom. The Morgan fingerprint density at radius 2 is 1.70 bits per heavy atom. The molecule has 3 rings (SSSR count). The lowest BCUT2D eigenvalue weighted by Gasteiger charge is -2.37. The molecule has 0 aromatic carbocycles. The number of alkyl halides is 2. The third kappa shape index (κ3) is 6.77. The van der Waals surface area contributed by atoms with Crippen LogP contribution in [0.1, 0.15) is 79.1 Å². The minimum Gasteiger partial charge on any atom is -0.363 e. The first-order valence-corrected chi connectivity index (χ1v) is 14.1. The first kappa shape index (κ1) is 29.7. The first-order chi connectivity index (χ1) is 17.2. The number of nitrogens with one attached hydrogen (secondary N) is 2. The number of piperidine rings is 1. The fraction of sp³-hybridized carbons (Fsp3) is 0.808. The number of primary amides is 1. The van der Waals surface area contributed by atoms with Gasteiger partial charge in [0.25, 0.3) is 5.91 Å². The molecule has 1 aliphatic heterocycles. The standard InChI is InChI=1S/C26H40Cl2N4O5/c1-5-9-15(21(34)22(29)35)12-17(33)20-18-16(26(18,27)28)13-32(20)23(36)19(14-10-7-6-8-11-14)30-24(37)31-25(2,3)4/h14-16,18-20H,5-13H2,1-4H3,(H2,29,35)(H2,30,31,37)/t15?,16-,18-,19-,20+/m0/s1. The minimum absolute atomic E-state index is 0.0549. The maximum absolute atomic E-state index is 14.0. The van der Waals surface area contributed by atoms with Crippen LogP contribution in [-0.4, -0.2) is 62.8 Å². The van der Waals surface area contributed by atoms with E-state index in [1.807, 2.05) is 27.7 Å². The number of carbonyl (C=O) groups excluding carboxylic acids is 5. The number of rotatable bonds is 10. The summed E-state index contributed by atoms with van der Waals surface area (Å²) in [5, 5.41) is 5.74. The lowest BCUT2D eigenvalue weighted by Crippen LogP contribution is -2.59. The van der Waals surface area contributed by atoms with Gasteiger partial charge in [-0.25, -0.2) is 4.79 Å². The lowest BCUT2D eigenvalue weighted by molar-refractivity contribution is -0.143. The molecule has 0 aromatic heterocycles. The summed E-state index contributed by atoms with van der Waals surface area (Å²) in [5.74, 6) is -4.21. The van der Waals surface area contributed by atoms with Crippen molar-refractivity contribution in [3.05, 3.63) is 0 Å². The van der Waals surface area contributed by atoms with Crippen LogP contribution >= 0.6 is 23.2 Å². The number of nitrogens with zero attached hydrogens (tertiary/aromatic N) is 1. The summed E-state index contributed by atoms with van der Waals surface area (Å²) >= 11 is 12.9. The number of Topliss-reactive ketones (excluding diaryl/α,β-unsaturated/α-hetero) is 2. The maximum atomic E-state index is 14.0. The van der Waals surface area contributed by atoms with E-state index in [2.05, 4.69) is 10.6 Å². The number of fused-ring (bicyclic) bond motifs is 1. The van der Waals surface area contributed by atoms with Crippen LogP contribution in [0, 0.1) is 23.7 Å². The molecule has 4 N–H and O–H groups in total. The molecular formula is C26H40Cl2N4O5. The first-order valence-electron chi connectivity index (χ1n) is 13.3. The van der Waals surface area contributed by atoms with Crippen molar-refractivity contribution in [3.63, 3.8) is 0 Å². The molecule has 3 fully saturated rings. The van der Waals surface area contributed by atoms with E-state index in [4.69, 9.17) is 28.9 Å². The highest BCUT2D eigenvalue weighted by atomic mass is 35.5. The third-order valence-electron chi connectivity index (χ3n) is 7.81. The Balaban J connectivity index is 1.85. The number of halogens is 2. The molecule has 1 unspecified atom stereocenters. The van der Waals surface area contributed by atoms with Gasteiger partial charge in [-0.05, 0) is 46.0 Å². The number of ketones is 2. The third-order valence-corrected chi connectivity index (χ3v) is 8.87. The van der Waals surface area contributed by atoms with E-state index in [0.717, 1.165) is 32.1 Å². The maximum Gasteiger partial charge on any atom is 0.315 e. The number of nitrogens with two attached hydrogens (primary N) is 1. The number of likely N-dealkylation sites (tertiary alicyclic amines) is 1. The van der Waals surface area contributed by atoms with Gasteiger partial charge in [0.1, 0.15) is 10.4 Å². The summed E-state index contributed by atoms with van der Waals surface area (Å²) in [6.07, 6.45) is 5.29. The van der Waals surface area contributed by atoms with Crippen molar-refractivity contribution >= 4 is 52.6 Å². The molecule has 2 saturated carbocycles. The number of amides is 4. The molecule has 208 valence electrons. The summed E-state index contributed by atoms with van der Waals surface area (Å²) in [6.45, 7) is 7.61. The zero-order valence-corrected chi connectivity index (χ0v) is 23.7. The summed E-state index contributed by atoms with van der Waals surface area (Å²) in [7, 11) is 0. The summed E-state index contributed by atoms with van der Waals surface area (Å²) in [4.78, 5) is 65.8. The summed E-state index contributed by atoms with van der Waals surface area (Å²) in [5.41, 5.74) is 4.72. The Bertz CT molecular complexity index is 928. The molecule has 2 aliphatic carbocycles. The van der Waals surface area contributed by atoms with Crippen LogP contribution in [0.25, 0.3) is 0 Å². The SMILES string of the molecule is CCCC(CC(=O)[C@@H]1[C@@H]2[C@H](CN1C(=O)[C@@H](NC(=O)NC(C)(C)C)C1CCCCC1)C2(Cl)Cl)C(=O)C(N)=O. The Morgan fingerprint density at radius 3 is 2.24 bits per heavy atom. The highest BCUT2D eigenvalue weighted by Crippen LogP contribution is 2.65. The van der Waals surface area contributed by atoms with Crippen molar-refractivity contribution < 1.29 is 24.0 Å². The molecular weight excluding hydrogens is 519 g/mol. The van der Waals surface area contributed by atoms with Crippen LogP contribution in [0.5, 0.6) is 0 Å². The second kappa shape index (κ2) is 11.5. The van der Waals surface area contributed by atoms with Crippen molar-refractivity contribution in [2.24, 2.45) is 29.4 Å². The van der Waals surface area contributed by atoms with Gasteiger partial charge in [0.2, 0.25) is 11.7 Å². The van der Waals surface area contributed by atoms with E-state index in [1.54, 1.807) is 0 Å². The second-order valence-corrected chi connectivity index (χ2v) is 13.3. The average Bonchev–Trinajstić information content (AvgIpc) is 3.14. The van der Waals surface area contributed by atoms with E-state index in [1.165, 1.54) is 4.90 Å². The summed E-state index contributed by atoms with van der Waals surface area (Å²) < 4.78 is -1.14. The van der Waals surface area contributed by atoms with E-state index in [-0.39, 0.29) is 36.5 Å². The molecule has 0 spiro atoms. The predicted octanol–water partition coefficient (Wildman–Crippen LogP) is 3.09. The van der Waals surface area contributed by atoms with Gasteiger partial charge in [0.15, 0.2) is 5.78 Å². The zero-order valence-electron chi connectivity index (χ0n) is 22.1. The number of hydrogen-bond donors (Lipinski definition) is 3. The van der Waals surface area contributed by atoms with Gasteiger partial charge >= 0.3 is 6.03 Å². The fourth-order valence-corrected chi connectivity index (χ4v) is 6.81. The van der Waals surface area contributed by atoms with Gasteiger partial charge in [-0.3, -0.25) is 19.2 Å². The van der Waals surface area contributed by atoms with Gasteiger partial charge < -0.3 is 21.3 Å². The minimum atomic E-state index is -1.14. The number of carbonyl (C=O) groups is 5. The largest absolute Gasteiger partial charge is 0.363 e. The monoisotopic (exact) mass is 558 g/mol. The molecule has 0 aromatic rings. The van der Waals surface area contributed by atoms with E-state index in [0.29, 0.717) is 12.8 Å². The predicted molar refractivity (Wildman–Crippen MR) is 141 cm³/mol. The van der Waals surface area contributed by atoms with E-state index < -0.39 is 51.5 Å². The van der Waals surface area contributed by atoms with E-state index >= 15 is 0 Å². The van der Waals surface area contributed by atoms with Crippen molar-refractivity contribution in [1.29, 1.82) is 0 Å². The highest BCUT2D eigenvalue weighted by Gasteiger charge is 2.73. The van der Waals surface area contributed by atoms with Crippen LogP contribution in [0.2, 0.25) is 0 Å². The van der Waals surface area contributed by atoms with Crippen LogP contribution in [-0.2, 0) is 19.2 Å². The topological polar surface area (TPSA) is 139 Å². The van der Waals surface area contributed by atoms with Gasteiger partial charge in [0.05, 0.1) is 6.04 Å². The van der Waals surface area contributed by atoms with Gasteiger partial charge in [0, 0.05) is 36.3 Å². The van der Waals surface area contributed by atoms with Crippen molar-refractivity contribution in [2.75, 3.05) is 6.54 Å². The van der Waals surface area contributed by atoms with Crippen molar-refractivity contribution in [3.8, 4) is 0 Å². The average molecular weight is 560 g/mol. The van der Waals surface area contributed by atoms with Gasteiger partial charge in [-0.1, -0.05) is 32.6 Å². The van der Waals surface area contributed by atoms with Crippen molar-refractivity contribution in [2.45, 2.75) is 101 Å².